The van der Waals surface area contributed by atoms with Gasteiger partial charge in [0.15, 0.2) is 0 Å². The molecule has 0 aliphatic carbocycles. The molecule has 2 amide bonds. The molecule has 1 aliphatic rings. The van der Waals surface area contributed by atoms with E-state index in [0.29, 0.717) is 38.9 Å². The Balaban J connectivity index is 0.00000300. The van der Waals surface area contributed by atoms with Gasteiger partial charge in [0.2, 0.25) is 11.8 Å². The predicted molar refractivity (Wildman–Crippen MR) is 119 cm³/mol. The first kappa shape index (κ1) is 22.8. The molecule has 0 atom stereocenters. The molecule has 1 heterocycles. The maximum atomic E-state index is 12.6. The van der Waals surface area contributed by atoms with Crippen LogP contribution in [0, 0.1) is 0 Å². The highest BCUT2D eigenvalue weighted by Crippen LogP contribution is 2.14. The van der Waals surface area contributed by atoms with Gasteiger partial charge in [0.05, 0.1) is 0 Å². The summed E-state index contributed by atoms with van der Waals surface area (Å²) in [7, 11) is 0. The molecule has 6 heteroatoms. The number of rotatable bonds is 6. The van der Waals surface area contributed by atoms with Gasteiger partial charge in [-0.25, -0.2) is 0 Å². The van der Waals surface area contributed by atoms with Crippen LogP contribution in [0.3, 0.4) is 0 Å². The van der Waals surface area contributed by atoms with E-state index in [9.17, 15) is 9.59 Å². The number of nitrogens with two attached hydrogens (primary N) is 1. The zero-order valence-electron chi connectivity index (χ0n) is 16.8. The van der Waals surface area contributed by atoms with Gasteiger partial charge in [-0.05, 0) is 36.5 Å². The average molecular weight is 416 g/mol. The number of hydrogen-bond acceptors (Lipinski definition) is 3. The van der Waals surface area contributed by atoms with E-state index in [1.165, 1.54) is 5.56 Å². The fourth-order valence-electron chi connectivity index (χ4n) is 3.63. The Morgan fingerprint density at radius 3 is 1.93 bits per heavy atom. The highest BCUT2D eigenvalue weighted by atomic mass is 35.5. The number of halogens is 1. The number of carbonyl (C=O) groups is 2. The second-order valence-electron chi connectivity index (χ2n) is 7.30. The number of para-hydroxylation sites is 1. The SMILES string of the molecule is Cl.Nc1ccccc1CCC(=O)N1CCCN(C(=O)CCc2ccccc2)CC1. The number of anilines is 1. The normalized spacial score (nSPS) is 14.1. The number of nitrogen functional groups attached to an aromatic ring is 1. The third-order valence-corrected chi connectivity index (χ3v) is 5.33. The lowest BCUT2D eigenvalue weighted by molar-refractivity contribution is -0.133. The topological polar surface area (TPSA) is 66.6 Å². The van der Waals surface area contributed by atoms with Crippen molar-refractivity contribution in [3.8, 4) is 0 Å². The second-order valence-corrected chi connectivity index (χ2v) is 7.30. The van der Waals surface area contributed by atoms with Crippen molar-refractivity contribution in [1.82, 2.24) is 9.80 Å². The van der Waals surface area contributed by atoms with E-state index >= 15 is 0 Å². The van der Waals surface area contributed by atoms with Crippen molar-refractivity contribution in [1.29, 1.82) is 0 Å². The minimum absolute atomic E-state index is 0. The van der Waals surface area contributed by atoms with Crippen molar-refractivity contribution in [2.75, 3.05) is 31.9 Å². The van der Waals surface area contributed by atoms with Crippen LogP contribution in [0.15, 0.2) is 54.6 Å². The first-order valence-electron chi connectivity index (χ1n) is 10.1. The molecule has 1 fully saturated rings. The monoisotopic (exact) mass is 415 g/mol. The van der Waals surface area contributed by atoms with E-state index in [2.05, 4.69) is 12.1 Å². The van der Waals surface area contributed by atoms with E-state index in [4.69, 9.17) is 5.73 Å². The van der Waals surface area contributed by atoms with Gasteiger partial charge in [0.1, 0.15) is 0 Å². The standard InChI is InChI=1S/C23H29N3O2.ClH/c24-21-10-5-4-9-20(21)12-14-23(28)26-16-6-15-25(17-18-26)22(27)13-11-19-7-2-1-3-8-19;/h1-5,7-10H,6,11-18,24H2;1H. The molecule has 0 spiro atoms. The van der Waals surface area contributed by atoms with Crippen LogP contribution in [0.4, 0.5) is 5.69 Å². The Morgan fingerprint density at radius 1 is 0.759 bits per heavy atom. The number of carbonyl (C=O) groups excluding carboxylic acids is 2. The summed E-state index contributed by atoms with van der Waals surface area (Å²) in [6, 6.07) is 17.8. The van der Waals surface area contributed by atoms with Crippen molar-refractivity contribution >= 4 is 29.9 Å². The van der Waals surface area contributed by atoms with Crippen molar-refractivity contribution < 1.29 is 9.59 Å². The van der Waals surface area contributed by atoms with E-state index in [0.717, 1.165) is 30.6 Å². The minimum Gasteiger partial charge on any atom is -0.399 e. The Bertz CT molecular complexity index is 798. The quantitative estimate of drug-likeness (QED) is 0.736. The first-order valence-corrected chi connectivity index (χ1v) is 10.1. The van der Waals surface area contributed by atoms with E-state index in [1.807, 2.05) is 52.3 Å². The first-order chi connectivity index (χ1) is 13.6. The fraction of sp³-hybridized carbons (Fsp3) is 0.391. The number of hydrogen-bond donors (Lipinski definition) is 1. The van der Waals surface area contributed by atoms with Crippen LogP contribution in [0.5, 0.6) is 0 Å². The van der Waals surface area contributed by atoms with Crippen molar-refractivity contribution in [3.63, 3.8) is 0 Å². The molecule has 5 nitrogen and oxygen atoms in total. The minimum atomic E-state index is 0. The fourth-order valence-corrected chi connectivity index (χ4v) is 3.63. The maximum Gasteiger partial charge on any atom is 0.222 e. The number of benzene rings is 2. The molecular weight excluding hydrogens is 386 g/mol. The smallest absolute Gasteiger partial charge is 0.222 e. The molecule has 0 aromatic heterocycles. The summed E-state index contributed by atoms with van der Waals surface area (Å²) in [5.74, 6) is 0.317. The van der Waals surface area contributed by atoms with Crippen LogP contribution >= 0.6 is 12.4 Å². The highest BCUT2D eigenvalue weighted by molar-refractivity contribution is 5.85. The summed E-state index contributed by atoms with van der Waals surface area (Å²) in [6.45, 7) is 2.67. The predicted octanol–water partition coefficient (Wildman–Crippen LogP) is 3.32. The van der Waals surface area contributed by atoms with Crippen molar-refractivity contribution in [3.05, 3.63) is 65.7 Å². The maximum absolute atomic E-state index is 12.6. The van der Waals surface area contributed by atoms with Gasteiger partial charge in [-0.1, -0.05) is 48.5 Å². The molecule has 0 unspecified atom stereocenters. The second kappa shape index (κ2) is 11.5. The van der Waals surface area contributed by atoms with Crippen molar-refractivity contribution in [2.45, 2.75) is 32.1 Å². The zero-order chi connectivity index (χ0) is 19.8. The highest BCUT2D eigenvalue weighted by Gasteiger charge is 2.21. The number of amides is 2. The van der Waals surface area contributed by atoms with E-state index in [-0.39, 0.29) is 24.2 Å². The van der Waals surface area contributed by atoms with E-state index in [1.54, 1.807) is 0 Å². The van der Waals surface area contributed by atoms with Gasteiger partial charge >= 0.3 is 0 Å². The molecule has 2 aromatic carbocycles. The van der Waals surface area contributed by atoms with Gasteiger partial charge in [-0.2, -0.15) is 0 Å². The Hall–Kier alpha value is -2.53. The summed E-state index contributed by atoms with van der Waals surface area (Å²) >= 11 is 0. The molecule has 0 saturated carbocycles. The summed E-state index contributed by atoms with van der Waals surface area (Å²) in [6.07, 6.45) is 3.22. The van der Waals surface area contributed by atoms with Gasteiger partial charge in [0.25, 0.3) is 0 Å². The lowest BCUT2D eigenvalue weighted by Gasteiger charge is -2.22. The van der Waals surface area contributed by atoms with Gasteiger partial charge in [0, 0.05) is 44.7 Å². The van der Waals surface area contributed by atoms with Crippen LogP contribution in [0.2, 0.25) is 0 Å². The lowest BCUT2D eigenvalue weighted by Crippen LogP contribution is -2.37. The van der Waals surface area contributed by atoms with E-state index < -0.39 is 0 Å². The third-order valence-electron chi connectivity index (χ3n) is 5.33. The molecule has 0 radical (unpaired) electrons. The van der Waals surface area contributed by atoms with Crippen LogP contribution in [-0.4, -0.2) is 47.8 Å². The molecule has 0 bridgehead atoms. The Labute approximate surface area is 179 Å². The molecule has 1 aliphatic heterocycles. The van der Waals surface area contributed by atoms with Crippen LogP contribution < -0.4 is 5.73 Å². The van der Waals surface area contributed by atoms with Crippen LogP contribution in [0.25, 0.3) is 0 Å². The number of aryl methyl sites for hydroxylation is 2. The molecule has 2 aromatic rings. The molecular formula is C23H30ClN3O2. The summed E-state index contributed by atoms with van der Waals surface area (Å²) in [5, 5.41) is 0. The number of nitrogens with zero attached hydrogens (tertiary/aromatic N) is 2. The molecule has 29 heavy (non-hydrogen) atoms. The average Bonchev–Trinajstić information content (AvgIpc) is 2.98. The largest absolute Gasteiger partial charge is 0.399 e. The Kier molecular flexibility index (Phi) is 9.00. The van der Waals surface area contributed by atoms with Crippen LogP contribution in [0.1, 0.15) is 30.4 Å². The summed E-state index contributed by atoms with van der Waals surface area (Å²) < 4.78 is 0. The molecule has 3 rings (SSSR count). The van der Waals surface area contributed by atoms with Gasteiger partial charge < -0.3 is 15.5 Å². The molecule has 156 valence electrons. The summed E-state index contributed by atoms with van der Waals surface area (Å²) in [4.78, 5) is 29.0. The molecule has 2 N–H and O–H groups in total. The van der Waals surface area contributed by atoms with Gasteiger partial charge in [-0.3, -0.25) is 9.59 Å². The zero-order valence-corrected chi connectivity index (χ0v) is 17.6. The lowest BCUT2D eigenvalue weighted by atomic mass is 10.1. The van der Waals surface area contributed by atoms with Gasteiger partial charge in [-0.15, -0.1) is 12.4 Å². The van der Waals surface area contributed by atoms with Crippen molar-refractivity contribution in [2.24, 2.45) is 0 Å². The van der Waals surface area contributed by atoms with Crippen LogP contribution in [-0.2, 0) is 22.4 Å². The Morgan fingerprint density at radius 2 is 1.31 bits per heavy atom. The summed E-state index contributed by atoms with van der Waals surface area (Å²) in [5.41, 5.74) is 8.90. The third kappa shape index (κ3) is 6.79. The molecule has 1 saturated heterocycles.